The quantitative estimate of drug-likeness (QED) is 0.719. The SMILES string of the molecule is CCC(NC(=O)CCCC1CCCC1)C(=O)O. The van der Waals surface area contributed by atoms with Gasteiger partial charge >= 0.3 is 5.97 Å². The molecule has 1 saturated carbocycles. The molecule has 0 aromatic carbocycles. The van der Waals surface area contributed by atoms with Crippen molar-refractivity contribution >= 4 is 11.9 Å². The van der Waals surface area contributed by atoms with Crippen molar-refractivity contribution in [1.82, 2.24) is 5.32 Å². The minimum absolute atomic E-state index is 0.128. The maximum Gasteiger partial charge on any atom is 0.326 e. The topological polar surface area (TPSA) is 66.4 Å². The highest BCUT2D eigenvalue weighted by molar-refractivity contribution is 5.83. The minimum atomic E-state index is -0.948. The van der Waals surface area contributed by atoms with Gasteiger partial charge in [-0.15, -0.1) is 0 Å². The van der Waals surface area contributed by atoms with Crippen LogP contribution in [0.3, 0.4) is 0 Å². The average molecular weight is 241 g/mol. The highest BCUT2D eigenvalue weighted by Crippen LogP contribution is 2.28. The highest BCUT2D eigenvalue weighted by atomic mass is 16.4. The van der Waals surface area contributed by atoms with E-state index in [0.717, 1.165) is 18.8 Å². The van der Waals surface area contributed by atoms with Gasteiger partial charge in [-0.3, -0.25) is 4.79 Å². The Kier molecular flexibility index (Phi) is 6.01. The molecule has 0 spiro atoms. The zero-order valence-electron chi connectivity index (χ0n) is 10.6. The van der Waals surface area contributed by atoms with Gasteiger partial charge in [0, 0.05) is 6.42 Å². The Morgan fingerprint density at radius 3 is 2.53 bits per heavy atom. The Labute approximate surface area is 103 Å². The third-order valence-electron chi connectivity index (χ3n) is 3.53. The van der Waals surface area contributed by atoms with E-state index >= 15 is 0 Å². The lowest BCUT2D eigenvalue weighted by molar-refractivity contribution is -0.141. The van der Waals surface area contributed by atoms with E-state index < -0.39 is 12.0 Å². The molecule has 1 aliphatic rings. The largest absolute Gasteiger partial charge is 0.480 e. The fourth-order valence-electron chi connectivity index (χ4n) is 2.46. The van der Waals surface area contributed by atoms with Crippen LogP contribution in [0.2, 0.25) is 0 Å². The van der Waals surface area contributed by atoms with Gasteiger partial charge in [0.25, 0.3) is 0 Å². The van der Waals surface area contributed by atoms with E-state index in [1.807, 2.05) is 0 Å². The van der Waals surface area contributed by atoms with E-state index in [0.29, 0.717) is 12.8 Å². The summed E-state index contributed by atoms with van der Waals surface area (Å²) < 4.78 is 0. The number of nitrogens with one attached hydrogen (secondary N) is 1. The van der Waals surface area contributed by atoms with Gasteiger partial charge in [-0.25, -0.2) is 4.79 Å². The predicted octanol–water partition coefficient (Wildman–Crippen LogP) is 2.33. The first kappa shape index (κ1) is 14.0. The Hall–Kier alpha value is -1.06. The van der Waals surface area contributed by atoms with Gasteiger partial charge in [0.05, 0.1) is 0 Å². The Morgan fingerprint density at radius 1 is 1.35 bits per heavy atom. The molecule has 4 nitrogen and oxygen atoms in total. The number of carboxylic acid groups (broad SMARTS) is 1. The van der Waals surface area contributed by atoms with Gasteiger partial charge in [0.15, 0.2) is 0 Å². The van der Waals surface area contributed by atoms with Crippen LogP contribution >= 0.6 is 0 Å². The maximum absolute atomic E-state index is 11.5. The summed E-state index contributed by atoms with van der Waals surface area (Å²) in [4.78, 5) is 22.3. The van der Waals surface area contributed by atoms with E-state index in [9.17, 15) is 9.59 Å². The lowest BCUT2D eigenvalue weighted by Gasteiger charge is -2.13. The van der Waals surface area contributed by atoms with Gasteiger partial charge < -0.3 is 10.4 Å². The van der Waals surface area contributed by atoms with Crippen LogP contribution in [0.4, 0.5) is 0 Å². The number of aliphatic carboxylic acids is 1. The molecule has 1 unspecified atom stereocenters. The summed E-state index contributed by atoms with van der Waals surface area (Å²) in [6, 6.07) is -0.728. The number of amides is 1. The average Bonchev–Trinajstić information content (AvgIpc) is 2.78. The monoisotopic (exact) mass is 241 g/mol. The van der Waals surface area contributed by atoms with Crippen molar-refractivity contribution in [3.63, 3.8) is 0 Å². The lowest BCUT2D eigenvalue weighted by atomic mass is 10.0. The molecule has 2 N–H and O–H groups in total. The number of carbonyl (C=O) groups excluding carboxylic acids is 1. The molecule has 0 bridgehead atoms. The second-order valence-corrected chi connectivity index (χ2v) is 4.91. The van der Waals surface area contributed by atoms with E-state index in [1.165, 1.54) is 25.7 Å². The first-order valence-electron chi connectivity index (χ1n) is 6.65. The summed E-state index contributed by atoms with van der Waals surface area (Å²) in [6.45, 7) is 1.76. The second-order valence-electron chi connectivity index (χ2n) is 4.91. The fraction of sp³-hybridized carbons (Fsp3) is 0.846. The Morgan fingerprint density at radius 2 is 2.00 bits per heavy atom. The summed E-state index contributed by atoms with van der Waals surface area (Å²) in [5.74, 6) is -0.280. The summed E-state index contributed by atoms with van der Waals surface area (Å²) in [6.07, 6.45) is 8.14. The van der Waals surface area contributed by atoms with Gasteiger partial charge in [-0.05, 0) is 25.2 Å². The van der Waals surface area contributed by atoms with Crippen molar-refractivity contribution in [1.29, 1.82) is 0 Å². The number of hydrogen-bond donors (Lipinski definition) is 2. The summed E-state index contributed by atoms with van der Waals surface area (Å²) >= 11 is 0. The molecule has 0 radical (unpaired) electrons. The van der Waals surface area contributed by atoms with E-state index in [4.69, 9.17) is 5.11 Å². The molecule has 1 atom stereocenters. The third kappa shape index (κ3) is 5.20. The maximum atomic E-state index is 11.5. The second kappa shape index (κ2) is 7.30. The molecule has 0 heterocycles. The zero-order chi connectivity index (χ0) is 12.7. The summed E-state index contributed by atoms with van der Waals surface area (Å²) in [7, 11) is 0. The minimum Gasteiger partial charge on any atom is -0.480 e. The van der Waals surface area contributed by atoms with Crippen LogP contribution in [0.5, 0.6) is 0 Å². The molecule has 17 heavy (non-hydrogen) atoms. The van der Waals surface area contributed by atoms with E-state index in [-0.39, 0.29) is 5.91 Å². The molecule has 1 aliphatic carbocycles. The molecular formula is C13H23NO3. The van der Waals surface area contributed by atoms with Crippen LogP contribution < -0.4 is 5.32 Å². The Bertz CT molecular complexity index is 259. The molecule has 98 valence electrons. The molecular weight excluding hydrogens is 218 g/mol. The number of carboxylic acids is 1. The van der Waals surface area contributed by atoms with Crippen LogP contribution in [0.1, 0.15) is 58.3 Å². The number of carbonyl (C=O) groups is 2. The van der Waals surface area contributed by atoms with E-state index in [2.05, 4.69) is 5.32 Å². The van der Waals surface area contributed by atoms with Crippen LogP contribution in [-0.4, -0.2) is 23.0 Å². The van der Waals surface area contributed by atoms with Gasteiger partial charge in [-0.2, -0.15) is 0 Å². The van der Waals surface area contributed by atoms with Crippen LogP contribution in [0, 0.1) is 5.92 Å². The van der Waals surface area contributed by atoms with Crippen molar-refractivity contribution < 1.29 is 14.7 Å². The number of hydrogen-bond acceptors (Lipinski definition) is 2. The zero-order valence-corrected chi connectivity index (χ0v) is 10.6. The number of rotatable bonds is 7. The van der Waals surface area contributed by atoms with Crippen molar-refractivity contribution in [3.05, 3.63) is 0 Å². The van der Waals surface area contributed by atoms with Crippen LogP contribution in [0.25, 0.3) is 0 Å². The van der Waals surface area contributed by atoms with Crippen LogP contribution in [0.15, 0.2) is 0 Å². The van der Waals surface area contributed by atoms with Crippen molar-refractivity contribution in [3.8, 4) is 0 Å². The normalized spacial score (nSPS) is 17.9. The van der Waals surface area contributed by atoms with Gasteiger partial charge in [0.2, 0.25) is 5.91 Å². The first-order chi connectivity index (χ1) is 8.13. The van der Waals surface area contributed by atoms with Crippen molar-refractivity contribution in [2.45, 2.75) is 64.3 Å². The van der Waals surface area contributed by atoms with Crippen molar-refractivity contribution in [2.75, 3.05) is 0 Å². The van der Waals surface area contributed by atoms with Gasteiger partial charge in [-0.1, -0.05) is 32.6 Å². The molecule has 1 fully saturated rings. The predicted molar refractivity (Wildman–Crippen MR) is 65.7 cm³/mol. The Balaban J connectivity index is 2.13. The van der Waals surface area contributed by atoms with E-state index in [1.54, 1.807) is 6.92 Å². The molecule has 0 aromatic rings. The smallest absolute Gasteiger partial charge is 0.326 e. The molecule has 0 aliphatic heterocycles. The van der Waals surface area contributed by atoms with Crippen molar-refractivity contribution in [2.24, 2.45) is 5.92 Å². The molecule has 0 saturated heterocycles. The third-order valence-corrected chi connectivity index (χ3v) is 3.53. The molecule has 1 amide bonds. The first-order valence-corrected chi connectivity index (χ1v) is 6.65. The standard InChI is InChI=1S/C13H23NO3/c1-2-11(13(16)17)14-12(15)9-5-8-10-6-3-4-7-10/h10-11H,2-9H2,1H3,(H,14,15)(H,16,17). The van der Waals surface area contributed by atoms with Crippen LogP contribution in [-0.2, 0) is 9.59 Å². The summed E-state index contributed by atoms with van der Waals surface area (Å²) in [5, 5.41) is 11.4. The summed E-state index contributed by atoms with van der Waals surface area (Å²) in [5.41, 5.74) is 0. The highest BCUT2D eigenvalue weighted by Gasteiger charge is 2.18. The van der Waals surface area contributed by atoms with Gasteiger partial charge in [0.1, 0.15) is 6.04 Å². The lowest BCUT2D eigenvalue weighted by Crippen LogP contribution is -2.40. The fourth-order valence-corrected chi connectivity index (χ4v) is 2.46. The molecule has 4 heteroatoms. The molecule has 0 aromatic heterocycles. The molecule has 1 rings (SSSR count).